The first kappa shape index (κ1) is 19.7. The molecule has 0 atom stereocenters. The normalized spacial score (nSPS) is 13.5. The van der Waals surface area contributed by atoms with Gasteiger partial charge >= 0.3 is 0 Å². The van der Waals surface area contributed by atoms with Gasteiger partial charge in [-0.3, -0.25) is 4.79 Å². The van der Waals surface area contributed by atoms with Crippen LogP contribution in [0.4, 0.5) is 5.82 Å². The van der Waals surface area contributed by atoms with Gasteiger partial charge in [0.1, 0.15) is 5.82 Å². The van der Waals surface area contributed by atoms with Crippen molar-refractivity contribution in [3.05, 3.63) is 46.6 Å². The summed E-state index contributed by atoms with van der Waals surface area (Å²) in [6.45, 7) is 7.27. The van der Waals surface area contributed by atoms with Gasteiger partial charge in [0.05, 0.1) is 0 Å². The maximum absolute atomic E-state index is 12.1. The van der Waals surface area contributed by atoms with Crippen LogP contribution in [-0.2, 0) is 5.75 Å². The summed E-state index contributed by atoms with van der Waals surface area (Å²) in [5, 5.41) is 3.82. The highest BCUT2D eigenvalue weighted by molar-refractivity contribution is 7.98. The minimum Gasteiger partial charge on any atom is -0.359 e. The Labute approximate surface area is 166 Å². The van der Waals surface area contributed by atoms with Crippen LogP contribution in [-0.4, -0.2) is 35.5 Å². The molecule has 1 saturated carbocycles. The van der Waals surface area contributed by atoms with Crippen molar-refractivity contribution in [3.8, 4) is 0 Å². The van der Waals surface area contributed by atoms with Crippen molar-refractivity contribution in [2.75, 3.05) is 18.5 Å². The van der Waals surface area contributed by atoms with Crippen LogP contribution in [0.2, 0.25) is 0 Å². The lowest BCUT2D eigenvalue weighted by molar-refractivity contribution is 0.0951. The van der Waals surface area contributed by atoms with E-state index in [2.05, 4.69) is 36.1 Å². The smallest absolute Gasteiger partial charge is 0.251 e. The molecule has 0 bridgehead atoms. The molecule has 2 aromatic rings. The van der Waals surface area contributed by atoms with Crippen LogP contribution in [0.3, 0.4) is 0 Å². The molecule has 6 heteroatoms. The van der Waals surface area contributed by atoms with Crippen molar-refractivity contribution in [3.63, 3.8) is 0 Å². The quantitative estimate of drug-likeness (QED) is 0.548. The fourth-order valence-corrected chi connectivity index (χ4v) is 3.70. The number of rotatable bonds is 8. The number of aromatic nitrogens is 2. The fourth-order valence-electron chi connectivity index (χ4n) is 2.86. The second kappa shape index (κ2) is 8.74. The third-order valence-corrected chi connectivity index (χ3v) is 5.68. The third kappa shape index (κ3) is 5.22. The summed E-state index contributed by atoms with van der Waals surface area (Å²) < 4.78 is 0. The molecular weight excluding hydrogens is 356 g/mol. The van der Waals surface area contributed by atoms with E-state index in [9.17, 15) is 4.79 Å². The molecule has 1 aliphatic carbocycles. The molecule has 1 N–H and O–H groups in total. The fraction of sp³-hybridized carbons (Fsp3) is 0.476. The highest BCUT2D eigenvalue weighted by Gasteiger charge is 2.23. The number of benzene rings is 1. The van der Waals surface area contributed by atoms with E-state index in [0.717, 1.165) is 64.9 Å². The monoisotopic (exact) mass is 384 g/mol. The Kier molecular flexibility index (Phi) is 6.37. The number of carbonyl (C=O) groups is 1. The number of aryl methyl sites for hydroxylation is 1. The first-order valence-corrected chi connectivity index (χ1v) is 10.6. The summed E-state index contributed by atoms with van der Waals surface area (Å²) >= 11 is 1.63. The van der Waals surface area contributed by atoms with Gasteiger partial charge in [0, 0.05) is 42.2 Å². The van der Waals surface area contributed by atoms with E-state index in [4.69, 9.17) is 4.98 Å². The van der Waals surface area contributed by atoms with Gasteiger partial charge in [-0.25, -0.2) is 9.97 Å². The van der Waals surface area contributed by atoms with Crippen LogP contribution in [0.1, 0.15) is 53.4 Å². The van der Waals surface area contributed by atoms with Gasteiger partial charge in [-0.15, -0.1) is 0 Å². The number of anilines is 1. The molecular formula is C21H28N4OS. The summed E-state index contributed by atoms with van der Waals surface area (Å²) in [6.07, 6.45) is 3.29. The van der Waals surface area contributed by atoms with Crippen LogP contribution in [0.5, 0.6) is 0 Å². The minimum absolute atomic E-state index is 0.0257. The summed E-state index contributed by atoms with van der Waals surface area (Å²) in [7, 11) is 2.08. The SMILES string of the molecule is CCCN(C)c1nc(SCc2ccc(C(=O)NC3CC3)cc2)nc(C)c1C. The maximum atomic E-state index is 12.1. The van der Waals surface area contributed by atoms with Crippen LogP contribution < -0.4 is 10.2 Å². The molecule has 1 aliphatic rings. The van der Waals surface area contributed by atoms with E-state index in [1.54, 1.807) is 11.8 Å². The summed E-state index contributed by atoms with van der Waals surface area (Å²) in [5.41, 5.74) is 4.05. The van der Waals surface area contributed by atoms with Gasteiger partial charge in [0.25, 0.3) is 5.91 Å². The molecule has 1 amide bonds. The molecule has 0 unspecified atom stereocenters. The molecule has 1 aromatic heterocycles. The highest BCUT2D eigenvalue weighted by atomic mass is 32.2. The Balaban J connectivity index is 1.64. The van der Waals surface area contributed by atoms with Crippen LogP contribution in [0.15, 0.2) is 29.4 Å². The Hall–Kier alpha value is -2.08. The van der Waals surface area contributed by atoms with E-state index >= 15 is 0 Å². The van der Waals surface area contributed by atoms with Crippen molar-refractivity contribution in [2.45, 2.75) is 57.0 Å². The number of nitrogens with zero attached hydrogens (tertiary/aromatic N) is 3. The Morgan fingerprint density at radius 1 is 1.22 bits per heavy atom. The van der Waals surface area contributed by atoms with E-state index < -0.39 is 0 Å². The Morgan fingerprint density at radius 2 is 1.93 bits per heavy atom. The van der Waals surface area contributed by atoms with E-state index in [-0.39, 0.29) is 5.91 Å². The Morgan fingerprint density at radius 3 is 2.56 bits per heavy atom. The topological polar surface area (TPSA) is 58.1 Å². The third-order valence-electron chi connectivity index (χ3n) is 4.76. The Bertz CT molecular complexity index is 803. The molecule has 27 heavy (non-hydrogen) atoms. The molecule has 1 fully saturated rings. The zero-order valence-corrected chi connectivity index (χ0v) is 17.4. The van der Waals surface area contributed by atoms with Crippen LogP contribution in [0, 0.1) is 13.8 Å². The maximum Gasteiger partial charge on any atom is 0.251 e. The van der Waals surface area contributed by atoms with E-state index in [0.29, 0.717) is 6.04 Å². The number of thioether (sulfide) groups is 1. The lowest BCUT2D eigenvalue weighted by atomic mass is 10.1. The zero-order chi connectivity index (χ0) is 19.4. The average molecular weight is 385 g/mol. The van der Waals surface area contributed by atoms with Gasteiger partial charge in [-0.05, 0) is 50.8 Å². The van der Waals surface area contributed by atoms with Crippen molar-refractivity contribution in [1.29, 1.82) is 0 Å². The summed E-state index contributed by atoms with van der Waals surface area (Å²) in [5.74, 6) is 1.82. The molecule has 3 rings (SSSR count). The second-order valence-electron chi connectivity index (χ2n) is 7.20. The lowest BCUT2D eigenvalue weighted by Gasteiger charge is -2.20. The minimum atomic E-state index is 0.0257. The van der Waals surface area contributed by atoms with E-state index in [1.807, 2.05) is 31.2 Å². The van der Waals surface area contributed by atoms with Gasteiger partial charge in [0.15, 0.2) is 5.16 Å². The predicted octanol–water partition coefficient (Wildman–Crippen LogP) is 4.12. The first-order valence-electron chi connectivity index (χ1n) is 9.57. The standard InChI is InChI=1S/C21H28N4OS/c1-5-12-25(4)19-14(2)15(3)22-21(24-19)27-13-16-6-8-17(9-7-16)20(26)23-18-10-11-18/h6-9,18H,5,10-13H2,1-4H3,(H,23,26). The van der Waals surface area contributed by atoms with Crippen molar-refractivity contribution >= 4 is 23.5 Å². The van der Waals surface area contributed by atoms with Gasteiger partial charge in [0.2, 0.25) is 0 Å². The largest absolute Gasteiger partial charge is 0.359 e. The number of nitrogens with one attached hydrogen (secondary N) is 1. The lowest BCUT2D eigenvalue weighted by Crippen LogP contribution is -2.25. The molecule has 5 nitrogen and oxygen atoms in total. The molecule has 1 aromatic carbocycles. The second-order valence-corrected chi connectivity index (χ2v) is 8.14. The number of carbonyl (C=O) groups excluding carboxylic acids is 1. The van der Waals surface area contributed by atoms with Crippen LogP contribution in [0.25, 0.3) is 0 Å². The van der Waals surface area contributed by atoms with Crippen molar-refractivity contribution < 1.29 is 4.79 Å². The molecule has 0 saturated heterocycles. The van der Waals surface area contributed by atoms with Gasteiger partial charge < -0.3 is 10.2 Å². The molecule has 0 aliphatic heterocycles. The molecule has 144 valence electrons. The predicted molar refractivity (Wildman–Crippen MR) is 112 cm³/mol. The number of hydrogen-bond acceptors (Lipinski definition) is 5. The number of amides is 1. The summed E-state index contributed by atoms with van der Waals surface area (Å²) in [4.78, 5) is 23.7. The van der Waals surface area contributed by atoms with Crippen molar-refractivity contribution in [1.82, 2.24) is 15.3 Å². The summed E-state index contributed by atoms with van der Waals surface area (Å²) in [6, 6.07) is 8.21. The highest BCUT2D eigenvalue weighted by Crippen LogP contribution is 2.26. The number of hydrogen-bond donors (Lipinski definition) is 1. The molecule has 0 spiro atoms. The van der Waals surface area contributed by atoms with Crippen molar-refractivity contribution in [2.24, 2.45) is 0 Å². The van der Waals surface area contributed by atoms with Gasteiger partial charge in [-0.2, -0.15) is 0 Å². The first-order chi connectivity index (χ1) is 13.0. The zero-order valence-electron chi connectivity index (χ0n) is 16.6. The molecule has 0 radical (unpaired) electrons. The van der Waals surface area contributed by atoms with Crippen LogP contribution >= 0.6 is 11.8 Å². The van der Waals surface area contributed by atoms with Gasteiger partial charge in [-0.1, -0.05) is 30.8 Å². The molecule has 1 heterocycles. The van der Waals surface area contributed by atoms with E-state index in [1.165, 1.54) is 0 Å². The average Bonchev–Trinajstić information content (AvgIpc) is 3.47.